The average molecular weight is 284 g/mol. The summed E-state index contributed by atoms with van der Waals surface area (Å²) in [6.45, 7) is 2.21. The zero-order valence-corrected chi connectivity index (χ0v) is 12.0. The molecular formula is C15H20N6. The SMILES string of the molecule is N#C/C(=N\Nc1ccc(N2CCCCCC2)cc1)C(=N)N. The Morgan fingerprint density at radius 2 is 1.81 bits per heavy atom. The first-order chi connectivity index (χ1) is 10.2. The maximum Gasteiger partial charge on any atom is 0.201 e. The van der Waals surface area contributed by atoms with Crippen molar-refractivity contribution in [1.82, 2.24) is 0 Å². The van der Waals surface area contributed by atoms with Crippen molar-refractivity contribution >= 4 is 22.9 Å². The Bertz CT molecular complexity index is 547. The van der Waals surface area contributed by atoms with E-state index in [2.05, 4.69) is 15.4 Å². The zero-order chi connectivity index (χ0) is 15.1. The molecule has 0 spiro atoms. The summed E-state index contributed by atoms with van der Waals surface area (Å²) in [6, 6.07) is 9.69. The molecule has 0 radical (unpaired) electrons. The van der Waals surface area contributed by atoms with Gasteiger partial charge in [0.25, 0.3) is 0 Å². The lowest BCUT2D eigenvalue weighted by atomic mass is 10.2. The van der Waals surface area contributed by atoms with Gasteiger partial charge in [-0.1, -0.05) is 12.8 Å². The number of hydrazone groups is 1. The van der Waals surface area contributed by atoms with E-state index in [9.17, 15) is 0 Å². The molecule has 1 aliphatic rings. The molecule has 2 rings (SSSR count). The van der Waals surface area contributed by atoms with E-state index in [4.69, 9.17) is 16.4 Å². The van der Waals surface area contributed by atoms with Crippen molar-refractivity contribution in [3.63, 3.8) is 0 Å². The van der Waals surface area contributed by atoms with Crippen LogP contribution in [0.4, 0.5) is 11.4 Å². The highest BCUT2D eigenvalue weighted by Gasteiger charge is 2.09. The molecule has 0 saturated carbocycles. The predicted molar refractivity (Wildman–Crippen MR) is 85.7 cm³/mol. The quantitative estimate of drug-likeness (QED) is 0.448. The lowest BCUT2D eigenvalue weighted by Crippen LogP contribution is -2.23. The summed E-state index contributed by atoms with van der Waals surface area (Å²) in [6.07, 6.45) is 5.11. The van der Waals surface area contributed by atoms with Crippen LogP contribution in [0.15, 0.2) is 29.4 Å². The summed E-state index contributed by atoms with van der Waals surface area (Å²) in [5.41, 5.74) is 9.83. The van der Waals surface area contributed by atoms with Crippen LogP contribution in [0.25, 0.3) is 0 Å². The molecule has 6 nitrogen and oxygen atoms in total. The molecule has 1 aliphatic heterocycles. The van der Waals surface area contributed by atoms with Gasteiger partial charge in [0.2, 0.25) is 5.71 Å². The summed E-state index contributed by atoms with van der Waals surface area (Å²) >= 11 is 0. The minimum atomic E-state index is -0.341. The van der Waals surface area contributed by atoms with E-state index in [0.29, 0.717) is 0 Å². The van der Waals surface area contributed by atoms with E-state index in [1.54, 1.807) is 6.07 Å². The second kappa shape index (κ2) is 7.29. The van der Waals surface area contributed by atoms with Crippen LogP contribution < -0.4 is 16.1 Å². The van der Waals surface area contributed by atoms with Gasteiger partial charge in [-0.05, 0) is 37.1 Å². The number of nitriles is 1. The summed E-state index contributed by atoms with van der Waals surface area (Å²) in [7, 11) is 0. The van der Waals surface area contributed by atoms with Gasteiger partial charge in [0, 0.05) is 18.8 Å². The Kier molecular flexibility index (Phi) is 5.16. The van der Waals surface area contributed by atoms with E-state index >= 15 is 0 Å². The Morgan fingerprint density at radius 3 is 2.33 bits per heavy atom. The minimum absolute atomic E-state index is 0.119. The number of rotatable bonds is 4. The van der Waals surface area contributed by atoms with Crippen LogP contribution >= 0.6 is 0 Å². The normalized spacial score (nSPS) is 16.0. The molecule has 1 aromatic carbocycles. The van der Waals surface area contributed by atoms with Crippen LogP contribution in [0.1, 0.15) is 25.7 Å². The van der Waals surface area contributed by atoms with Crippen LogP contribution in [0.5, 0.6) is 0 Å². The maximum atomic E-state index is 8.77. The van der Waals surface area contributed by atoms with Crippen LogP contribution in [0.3, 0.4) is 0 Å². The van der Waals surface area contributed by atoms with Gasteiger partial charge in [-0.3, -0.25) is 10.8 Å². The Balaban J connectivity index is 2.02. The molecule has 1 aromatic rings. The van der Waals surface area contributed by atoms with Crippen molar-refractivity contribution in [3.8, 4) is 6.07 Å². The van der Waals surface area contributed by atoms with Gasteiger partial charge >= 0.3 is 0 Å². The van der Waals surface area contributed by atoms with Crippen molar-refractivity contribution in [2.24, 2.45) is 10.8 Å². The molecule has 110 valence electrons. The van der Waals surface area contributed by atoms with Gasteiger partial charge in [-0.25, -0.2) is 0 Å². The zero-order valence-electron chi connectivity index (χ0n) is 12.0. The number of anilines is 2. The fourth-order valence-electron chi connectivity index (χ4n) is 2.34. The molecule has 4 N–H and O–H groups in total. The molecule has 0 aliphatic carbocycles. The second-order valence-corrected chi connectivity index (χ2v) is 5.05. The fraction of sp³-hybridized carbons (Fsp3) is 0.400. The monoisotopic (exact) mass is 284 g/mol. The van der Waals surface area contributed by atoms with Crippen LogP contribution in [-0.2, 0) is 0 Å². The smallest absolute Gasteiger partial charge is 0.201 e. The molecule has 1 fully saturated rings. The van der Waals surface area contributed by atoms with Crippen molar-refractivity contribution in [3.05, 3.63) is 24.3 Å². The molecule has 0 atom stereocenters. The first kappa shape index (κ1) is 14.9. The van der Waals surface area contributed by atoms with Gasteiger partial charge in [-0.2, -0.15) is 10.4 Å². The molecular weight excluding hydrogens is 264 g/mol. The van der Waals surface area contributed by atoms with Crippen molar-refractivity contribution < 1.29 is 0 Å². The van der Waals surface area contributed by atoms with Crippen LogP contribution in [0, 0.1) is 16.7 Å². The highest BCUT2D eigenvalue weighted by molar-refractivity contribution is 6.45. The third-order valence-electron chi connectivity index (χ3n) is 3.50. The lowest BCUT2D eigenvalue weighted by molar-refractivity contribution is 0.726. The molecule has 0 unspecified atom stereocenters. The molecule has 21 heavy (non-hydrogen) atoms. The summed E-state index contributed by atoms with van der Waals surface area (Å²) in [4.78, 5) is 2.40. The Hall–Kier alpha value is -2.55. The van der Waals surface area contributed by atoms with Gasteiger partial charge < -0.3 is 10.6 Å². The largest absolute Gasteiger partial charge is 0.382 e. The lowest BCUT2D eigenvalue weighted by Gasteiger charge is -2.22. The number of nitrogens with zero attached hydrogens (tertiary/aromatic N) is 3. The standard InChI is InChI=1S/C15H20N6/c16-11-14(15(17)18)20-19-12-5-7-13(8-6-12)21-9-3-1-2-4-10-21/h5-8,19H,1-4,9-10H2,(H3,17,18)/b20-14+. The van der Waals surface area contributed by atoms with Crippen LogP contribution in [0.2, 0.25) is 0 Å². The molecule has 6 heteroatoms. The highest BCUT2D eigenvalue weighted by atomic mass is 15.3. The van der Waals surface area contributed by atoms with Gasteiger partial charge in [0.15, 0.2) is 5.84 Å². The summed E-state index contributed by atoms with van der Waals surface area (Å²) in [5.74, 6) is -0.341. The molecule has 0 amide bonds. The average Bonchev–Trinajstić information content (AvgIpc) is 2.77. The number of nitrogens with one attached hydrogen (secondary N) is 2. The number of nitrogens with two attached hydrogens (primary N) is 1. The number of hydrogen-bond donors (Lipinski definition) is 3. The van der Waals surface area contributed by atoms with Crippen LogP contribution in [-0.4, -0.2) is 24.6 Å². The first-order valence-electron chi connectivity index (χ1n) is 7.14. The van der Waals surface area contributed by atoms with E-state index in [1.165, 1.54) is 31.4 Å². The number of hydrogen-bond acceptors (Lipinski definition) is 5. The van der Waals surface area contributed by atoms with E-state index < -0.39 is 0 Å². The summed E-state index contributed by atoms with van der Waals surface area (Å²) in [5, 5.41) is 19.8. The fourth-order valence-corrected chi connectivity index (χ4v) is 2.34. The van der Waals surface area contributed by atoms with Gasteiger partial charge in [0.05, 0.1) is 5.69 Å². The first-order valence-corrected chi connectivity index (χ1v) is 7.14. The van der Waals surface area contributed by atoms with E-state index in [1.807, 2.05) is 24.3 Å². The molecule has 1 saturated heterocycles. The molecule has 0 bridgehead atoms. The second-order valence-electron chi connectivity index (χ2n) is 5.05. The highest BCUT2D eigenvalue weighted by Crippen LogP contribution is 2.21. The Labute approximate surface area is 124 Å². The predicted octanol–water partition coefficient (Wildman–Crippen LogP) is 2.29. The maximum absolute atomic E-state index is 8.77. The van der Waals surface area contributed by atoms with Gasteiger partial charge in [-0.15, -0.1) is 0 Å². The van der Waals surface area contributed by atoms with E-state index in [-0.39, 0.29) is 11.5 Å². The number of amidine groups is 1. The van der Waals surface area contributed by atoms with Crippen molar-refractivity contribution in [2.75, 3.05) is 23.4 Å². The Morgan fingerprint density at radius 1 is 1.19 bits per heavy atom. The van der Waals surface area contributed by atoms with Crippen molar-refractivity contribution in [1.29, 1.82) is 10.7 Å². The third-order valence-corrected chi connectivity index (χ3v) is 3.50. The van der Waals surface area contributed by atoms with Crippen molar-refractivity contribution in [2.45, 2.75) is 25.7 Å². The summed E-state index contributed by atoms with van der Waals surface area (Å²) < 4.78 is 0. The topological polar surface area (TPSA) is 101 Å². The third kappa shape index (κ3) is 4.21. The number of benzene rings is 1. The minimum Gasteiger partial charge on any atom is -0.382 e. The van der Waals surface area contributed by atoms with E-state index in [0.717, 1.165) is 18.8 Å². The molecule has 0 aromatic heterocycles. The molecule has 1 heterocycles. The van der Waals surface area contributed by atoms with Gasteiger partial charge in [0.1, 0.15) is 6.07 Å².